The molecule has 2 aromatic carbocycles. The van der Waals surface area contributed by atoms with Crippen LogP contribution in [0.4, 0.5) is 0 Å². The lowest BCUT2D eigenvalue weighted by atomic mass is 9.97. The Labute approximate surface area is 114 Å². The fourth-order valence-corrected chi connectivity index (χ4v) is 2.85. The molecule has 0 saturated heterocycles. The molecule has 3 rings (SSSR count). The summed E-state index contributed by atoms with van der Waals surface area (Å²) in [4.78, 5) is 0. The van der Waals surface area contributed by atoms with Gasteiger partial charge in [-0.15, -0.1) is 0 Å². The van der Waals surface area contributed by atoms with Crippen LogP contribution in [-0.2, 0) is 4.57 Å². The number of hydrogen-bond acceptors (Lipinski definition) is 2. The third kappa shape index (κ3) is 4.27. The first-order valence-corrected chi connectivity index (χ1v) is 7.79. The lowest BCUT2D eigenvalue weighted by Crippen LogP contribution is -2.15. The van der Waals surface area contributed by atoms with E-state index in [2.05, 4.69) is 0 Å². The molecule has 0 atom stereocenters. The van der Waals surface area contributed by atoms with Gasteiger partial charge in [-0.05, 0) is 43.5 Å². The van der Waals surface area contributed by atoms with Crippen LogP contribution in [0.5, 0.6) is 0 Å². The maximum absolute atomic E-state index is 12.0. The third-order valence-corrected chi connectivity index (χ3v) is 4.59. The highest BCUT2D eigenvalue weighted by Gasteiger charge is 2.21. The Morgan fingerprint density at radius 1 is 0.842 bits per heavy atom. The summed E-state index contributed by atoms with van der Waals surface area (Å²) in [5.41, 5.74) is 0. The Hall–Kier alpha value is -1.50. The summed E-state index contributed by atoms with van der Waals surface area (Å²) in [6, 6.07) is 19.1. The summed E-state index contributed by atoms with van der Waals surface area (Å²) >= 11 is 0. The van der Waals surface area contributed by atoms with Crippen molar-refractivity contribution in [1.82, 2.24) is 0 Å². The van der Waals surface area contributed by atoms with E-state index in [9.17, 15) is 4.57 Å². The maximum atomic E-state index is 12.0. The normalized spacial score (nSPS) is 13.9. The molecule has 3 heteroatoms. The SMILES string of the molecule is O=[P+](c1ccccc1)c1ccccc1.OC1CCC1. The van der Waals surface area contributed by atoms with Crippen molar-refractivity contribution < 1.29 is 9.67 Å². The molecular weight excluding hydrogens is 255 g/mol. The van der Waals surface area contributed by atoms with Gasteiger partial charge in [0.2, 0.25) is 0 Å². The second kappa shape index (κ2) is 7.18. The van der Waals surface area contributed by atoms with Gasteiger partial charge in [0, 0.05) is 0 Å². The maximum Gasteiger partial charge on any atom is 0.415 e. The zero-order chi connectivity index (χ0) is 13.5. The molecule has 0 amide bonds. The molecule has 1 fully saturated rings. The molecule has 1 saturated carbocycles. The average molecular weight is 273 g/mol. The molecule has 19 heavy (non-hydrogen) atoms. The Morgan fingerprint density at radius 3 is 1.47 bits per heavy atom. The highest BCUT2D eigenvalue weighted by Crippen LogP contribution is 2.18. The number of benzene rings is 2. The van der Waals surface area contributed by atoms with Gasteiger partial charge in [-0.25, -0.2) is 0 Å². The van der Waals surface area contributed by atoms with Gasteiger partial charge in [0.1, 0.15) is 0 Å². The van der Waals surface area contributed by atoms with Crippen molar-refractivity contribution in [3.8, 4) is 0 Å². The Kier molecular flexibility index (Phi) is 5.26. The van der Waals surface area contributed by atoms with E-state index in [1.165, 1.54) is 6.42 Å². The molecule has 1 aliphatic rings. The standard InChI is InChI=1S/C12H10OP.C4H8O/c13-14(11-7-3-1-4-8-11)12-9-5-2-6-10-12;5-4-2-1-3-4/h1-10H;4-5H,1-3H2/q+1;. The molecule has 0 unspecified atom stereocenters. The lowest BCUT2D eigenvalue weighted by Gasteiger charge is -2.17. The van der Waals surface area contributed by atoms with Crippen LogP contribution in [-0.4, -0.2) is 11.2 Å². The summed E-state index contributed by atoms with van der Waals surface area (Å²) in [6.45, 7) is 0. The fraction of sp³-hybridized carbons (Fsp3) is 0.250. The van der Waals surface area contributed by atoms with Crippen LogP contribution in [0.1, 0.15) is 19.3 Å². The van der Waals surface area contributed by atoms with Crippen molar-refractivity contribution in [1.29, 1.82) is 0 Å². The van der Waals surface area contributed by atoms with Gasteiger partial charge in [0.05, 0.1) is 6.10 Å². The number of aliphatic hydroxyl groups excluding tert-OH is 1. The molecular formula is C16H18O2P+. The molecule has 0 spiro atoms. The molecule has 1 N–H and O–H groups in total. The predicted molar refractivity (Wildman–Crippen MR) is 79.6 cm³/mol. The largest absolute Gasteiger partial charge is 0.415 e. The van der Waals surface area contributed by atoms with Crippen molar-refractivity contribution in [2.24, 2.45) is 0 Å². The molecule has 0 bridgehead atoms. The van der Waals surface area contributed by atoms with E-state index >= 15 is 0 Å². The van der Waals surface area contributed by atoms with E-state index in [0.29, 0.717) is 0 Å². The molecule has 0 heterocycles. The number of aliphatic hydroxyl groups is 1. The lowest BCUT2D eigenvalue weighted by molar-refractivity contribution is 0.0950. The molecule has 98 valence electrons. The van der Waals surface area contributed by atoms with Gasteiger partial charge in [-0.2, -0.15) is 0 Å². The van der Waals surface area contributed by atoms with E-state index < -0.39 is 7.80 Å². The minimum atomic E-state index is -1.42. The van der Waals surface area contributed by atoms with Crippen LogP contribution in [0.25, 0.3) is 0 Å². The zero-order valence-electron chi connectivity index (χ0n) is 10.8. The summed E-state index contributed by atoms with van der Waals surface area (Å²) in [5.74, 6) is 0. The fourth-order valence-electron chi connectivity index (χ4n) is 1.66. The van der Waals surface area contributed by atoms with Crippen LogP contribution in [0.15, 0.2) is 60.7 Å². The van der Waals surface area contributed by atoms with Crippen LogP contribution < -0.4 is 10.6 Å². The first-order valence-electron chi connectivity index (χ1n) is 6.53. The Balaban J connectivity index is 0.000000224. The Bertz CT molecular complexity index is 465. The van der Waals surface area contributed by atoms with Crippen molar-refractivity contribution in [3.63, 3.8) is 0 Å². The van der Waals surface area contributed by atoms with E-state index in [1.54, 1.807) is 0 Å². The Morgan fingerprint density at radius 2 is 1.21 bits per heavy atom. The predicted octanol–water partition coefficient (Wildman–Crippen LogP) is 3.00. The van der Waals surface area contributed by atoms with Gasteiger partial charge >= 0.3 is 7.80 Å². The van der Waals surface area contributed by atoms with Crippen LogP contribution in [0, 0.1) is 0 Å². The van der Waals surface area contributed by atoms with E-state index in [1.807, 2.05) is 60.7 Å². The summed E-state index contributed by atoms with van der Waals surface area (Å²) < 4.78 is 12.0. The van der Waals surface area contributed by atoms with Crippen LogP contribution >= 0.6 is 7.80 Å². The first kappa shape index (κ1) is 13.9. The topological polar surface area (TPSA) is 37.3 Å². The number of rotatable bonds is 2. The van der Waals surface area contributed by atoms with Crippen molar-refractivity contribution in [2.45, 2.75) is 25.4 Å². The molecule has 0 aromatic heterocycles. The molecule has 0 aliphatic heterocycles. The van der Waals surface area contributed by atoms with Crippen molar-refractivity contribution in [2.75, 3.05) is 0 Å². The first-order chi connectivity index (χ1) is 9.27. The smallest absolute Gasteiger partial charge is 0.393 e. The van der Waals surface area contributed by atoms with Crippen LogP contribution in [0.3, 0.4) is 0 Å². The average Bonchev–Trinajstić information content (AvgIpc) is 2.47. The minimum absolute atomic E-state index is 0.0648. The second-order valence-electron chi connectivity index (χ2n) is 4.55. The quantitative estimate of drug-likeness (QED) is 0.854. The van der Waals surface area contributed by atoms with Crippen LogP contribution in [0.2, 0.25) is 0 Å². The zero-order valence-corrected chi connectivity index (χ0v) is 11.7. The molecule has 1 aliphatic carbocycles. The molecule has 2 nitrogen and oxygen atoms in total. The van der Waals surface area contributed by atoms with Crippen molar-refractivity contribution >= 4 is 18.4 Å². The molecule has 2 aromatic rings. The minimum Gasteiger partial charge on any atom is -0.393 e. The van der Waals surface area contributed by atoms with Crippen molar-refractivity contribution in [3.05, 3.63) is 60.7 Å². The monoisotopic (exact) mass is 273 g/mol. The summed E-state index contributed by atoms with van der Waals surface area (Å²) in [6.07, 6.45) is 3.39. The second-order valence-corrected chi connectivity index (χ2v) is 6.17. The summed E-state index contributed by atoms with van der Waals surface area (Å²) in [7, 11) is -1.42. The molecule has 0 radical (unpaired) electrons. The summed E-state index contributed by atoms with van der Waals surface area (Å²) in [5, 5.41) is 10.2. The highest BCUT2D eigenvalue weighted by molar-refractivity contribution is 7.61. The van der Waals surface area contributed by atoms with E-state index in [4.69, 9.17) is 5.11 Å². The third-order valence-electron chi connectivity index (χ3n) is 3.06. The van der Waals surface area contributed by atoms with Gasteiger partial charge in [-0.1, -0.05) is 41.0 Å². The van der Waals surface area contributed by atoms with Gasteiger partial charge in [0.15, 0.2) is 10.6 Å². The number of hydrogen-bond donors (Lipinski definition) is 1. The van der Waals surface area contributed by atoms with Gasteiger partial charge in [0.25, 0.3) is 0 Å². The van der Waals surface area contributed by atoms with Gasteiger partial charge < -0.3 is 5.11 Å². The highest BCUT2D eigenvalue weighted by atomic mass is 31.1. The van der Waals surface area contributed by atoms with E-state index in [-0.39, 0.29) is 6.10 Å². The van der Waals surface area contributed by atoms with E-state index in [0.717, 1.165) is 23.5 Å². The van der Waals surface area contributed by atoms with Gasteiger partial charge in [-0.3, -0.25) is 0 Å².